The minimum atomic E-state index is -0.428. The summed E-state index contributed by atoms with van der Waals surface area (Å²) in [5, 5.41) is 9.65. The molecule has 0 spiro atoms. The zero-order valence-electron chi connectivity index (χ0n) is 11.9. The molecule has 4 heteroatoms. The molecule has 0 unspecified atom stereocenters. The van der Waals surface area contributed by atoms with Crippen molar-refractivity contribution in [1.29, 1.82) is 0 Å². The average molecular weight is 257 g/mol. The minimum Gasteiger partial charge on any atom is -0.444 e. The molecule has 0 radical (unpaired) electrons. The second-order valence-electron chi connectivity index (χ2n) is 6.11. The fraction of sp³-hybridized carbons (Fsp3) is 0.929. The van der Waals surface area contributed by atoms with E-state index in [1.165, 1.54) is 0 Å². The number of hydrogen-bond donors (Lipinski definition) is 1. The number of aliphatic hydroxyl groups is 1. The normalized spacial score (nSPS) is 20.6. The lowest BCUT2D eigenvalue weighted by Crippen LogP contribution is -2.38. The molecule has 4 nitrogen and oxygen atoms in total. The monoisotopic (exact) mass is 257 g/mol. The van der Waals surface area contributed by atoms with Gasteiger partial charge in [0.15, 0.2) is 0 Å². The van der Waals surface area contributed by atoms with Gasteiger partial charge in [0, 0.05) is 13.1 Å². The van der Waals surface area contributed by atoms with Crippen LogP contribution in [0.15, 0.2) is 0 Å². The number of amides is 1. The third-order valence-corrected chi connectivity index (χ3v) is 3.08. The van der Waals surface area contributed by atoms with Crippen LogP contribution >= 0.6 is 0 Å². The van der Waals surface area contributed by atoms with Crippen LogP contribution in [-0.4, -0.2) is 40.9 Å². The van der Waals surface area contributed by atoms with Crippen LogP contribution in [-0.2, 0) is 4.74 Å². The highest BCUT2D eigenvalue weighted by atomic mass is 16.6. The second-order valence-corrected chi connectivity index (χ2v) is 6.11. The van der Waals surface area contributed by atoms with Crippen molar-refractivity contribution in [1.82, 2.24) is 4.90 Å². The molecule has 1 heterocycles. The summed E-state index contributed by atoms with van der Waals surface area (Å²) in [6, 6.07) is 0. The first-order valence-electron chi connectivity index (χ1n) is 7.04. The molecule has 1 rings (SSSR count). The Balaban J connectivity index is 2.45. The van der Waals surface area contributed by atoms with Crippen LogP contribution in [0.2, 0.25) is 0 Å². The Morgan fingerprint density at radius 1 is 1.11 bits per heavy atom. The first-order chi connectivity index (χ1) is 8.38. The first-order valence-corrected chi connectivity index (χ1v) is 7.04. The fourth-order valence-electron chi connectivity index (χ4n) is 2.13. The van der Waals surface area contributed by atoms with Gasteiger partial charge in [-0.1, -0.05) is 0 Å². The molecule has 0 aromatic carbocycles. The van der Waals surface area contributed by atoms with E-state index in [1.54, 1.807) is 0 Å². The smallest absolute Gasteiger partial charge is 0.410 e. The predicted octanol–water partition coefficient (Wildman–Crippen LogP) is 2.94. The maximum absolute atomic E-state index is 12.0. The van der Waals surface area contributed by atoms with Gasteiger partial charge in [-0.05, 0) is 59.3 Å². The van der Waals surface area contributed by atoms with E-state index in [0.29, 0.717) is 0 Å². The summed E-state index contributed by atoms with van der Waals surface area (Å²) < 4.78 is 5.40. The molecule has 1 aliphatic rings. The van der Waals surface area contributed by atoms with E-state index in [2.05, 4.69) is 0 Å². The number of carbonyl (C=O) groups excluding carboxylic acids is 1. The quantitative estimate of drug-likeness (QED) is 0.726. The molecule has 0 aliphatic carbocycles. The Morgan fingerprint density at radius 3 is 2.06 bits per heavy atom. The van der Waals surface area contributed by atoms with Crippen LogP contribution in [0.25, 0.3) is 0 Å². The molecule has 18 heavy (non-hydrogen) atoms. The molecular formula is C14H27NO3. The van der Waals surface area contributed by atoms with Crippen LogP contribution in [0.4, 0.5) is 4.79 Å². The molecule has 106 valence electrons. The summed E-state index contributed by atoms with van der Waals surface area (Å²) in [6.07, 6.45) is 5.17. The van der Waals surface area contributed by atoms with Crippen LogP contribution < -0.4 is 0 Å². The van der Waals surface area contributed by atoms with Crippen molar-refractivity contribution in [3.8, 4) is 0 Å². The highest BCUT2D eigenvalue weighted by molar-refractivity contribution is 5.68. The van der Waals surface area contributed by atoms with Crippen LogP contribution in [0.1, 0.15) is 59.3 Å². The van der Waals surface area contributed by atoms with Crippen molar-refractivity contribution in [2.75, 3.05) is 13.1 Å². The third kappa shape index (κ3) is 6.24. The van der Waals surface area contributed by atoms with Crippen LogP contribution in [0.5, 0.6) is 0 Å². The summed E-state index contributed by atoms with van der Waals surface area (Å²) in [5.74, 6) is 0. The lowest BCUT2D eigenvalue weighted by molar-refractivity contribution is 0.0234. The van der Waals surface area contributed by atoms with Gasteiger partial charge in [0.05, 0.1) is 6.10 Å². The van der Waals surface area contributed by atoms with Gasteiger partial charge in [-0.3, -0.25) is 0 Å². The zero-order valence-corrected chi connectivity index (χ0v) is 11.9. The van der Waals surface area contributed by atoms with Crippen molar-refractivity contribution in [3.63, 3.8) is 0 Å². The van der Waals surface area contributed by atoms with E-state index < -0.39 is 5.60 Å². The SMILES string of the molecule is CC(C)(C)OC(=O)N1CCCCC(O)CCCC1. The van der Waals surface area contributed by atoms with Crippen molar-refractivity contribution in [2.45, 2.75) is 71.0 Å². The summed E-state index contributed by atoms with van der Waals surface area (Å²) >= 11 is 0. The third-order valence-electron chi connectivity index (χ3n) is 3.08. The molecule has 1 amide bonds. The van der Waals surface area contributed by atoms with Gasteiger partial charge in [0.2, 0.25) is 0 Å². The summed E-state index contributed by atoms with van der Waals surface area (Å²) in [7, 11) is 0. The van der Waals surface area contributed by atoms with Crippen molar-refractivity contribution in [3.05, 3.63) is 0 Å². The molecule has 0 atom stereocenters. The predicted molar refractivity (Wildman–Crippen MR) is 71.5 cm³/mol. The number of hydrogen-bond acceptors (Lipinski definition) is 3. The Kier molecular flexibility index (Phi) is 5.93. The lowest BCUT2D eigenvalue weighted by atomic mass is 10.0. The Hall–Kier alpha value is -0.770. The Labute approximate surface area is 110 Å². The highest BCUT2D eigenvalue weighted by Gasteiger charge is 2.22. The molecule has 0 saturated carbocycles. The fourth-order valence-corrected chi connectivity index (χ4v) is 2.13. The van der Waals surface area contributed by atoms with Gasteiger partial charge in [0.25, 0.3) is 0 Å². The topological polar surface area (TPSA) is 49.8 Å². The molecule has 0 aromatic rings. The Morgan fingerprint density at radius 2 is 1.61 bits per heavy atom. The molecule has 1 fully saturated rings. The van der Waals surface area contributed by atoms with Gasteiger partial charge in [-0.25, -0.2) is 4.79 Å². The summed E-state index contributed by atoms with van der Waals surface area (Å²) in [6.45, 7) is 7.15. The van der Waals surface area contributed by atoms with Crippen molar-refractivity contribution < 1.29 is 14.6 Å². The molecule has 1 aliphatic heterocycles. The molecule has 0 bridgehead atoms. The van der Waals surface area contributed by atoms with Gasteiger partial charge >= 0.3 is 6.09 Å². The maximum atomic E-state index is 12.0. The maximum Gasteiger partial charge on any atom is 0.410 e. The van der Waals surface area contributed by atoms with Crippen molar-refractivity contribution in [2.24, 2.45) is 0 Å². The van der Waals surface area contributed by atoms with E-state index in [4.69, 9.17) is 4.74 Å². The number of aliphatic hydroxyl groups excluding tert-OH is 1. The van der Waals surface area contributed by atoms with Gasteiger partial charge in [0.1, 0.15) is 5.60 Å². The van der Waals surface area contributed by atoms with Gasteiger partial charge < -0.3 is 14.7 Å². The number of nitrogens with zero attached hydrogens (tertiary/aromatic N) is 1. The first kappa shape index (κ1) is 15.3. The van der Waals surface area contributed by atoms with E-state index in [0.717, 1.165) is 51.6 Å². The average Bonchev–Trinajstić information content (AvgIpc) is 2.24. The van der Waals surface area contributed by atoms with E-state index in [9.17, 15) is 9.90 Å². The zero-order chi connectivity index (χ0) is 13.6. The molecule has 0 aromatic heterocycles. The number of carbonyl (C=O) groups is 1. The van der Waals surface area contributed by atoms with Gasteiger partial charge in [-0.15, -0.1) is 0 Å². The number of rotatable bonds is 0. The van der Waals surface area contributed by atoms with Crippen molar-refractivity contribution >= 4 is 6.09 Å². The highest BCUT2D eigenvalue weighted by Crippen LogP contribution is 2.15. The minimum absolute atomic E-state index is 0.155. The van der Waals surface area contributed by atoms with Crippen LogP contribution in [0, 0.1) is 0 Å². The molecule has 1 N–H and O–H groups in total. The summed E-state index contributed by atoms with van der Waals surface area (Å²) in [4.78, 5) is 13.8. The van der Waals surface area contributed by atoms with Gasteiger partial charge in [-0.2, -0.15) is 0 Å². The molecular weight excluding hydrogens is 230 g/mol. The van der Waals surface area contributed by atoms with E-state index in [-0.39, 0.29) is 12.2 Å². The van der Waals surface area contributed by atoms with Crippen LogP contribution in [0.3, 0.4) is 0 Å². The summed E-state index contributed by atoms with van der Waals surface area (Å²) in [5.41, 5.74) is -0.428. The second kappa shape index (κ2) is 6.98. The van der Waals surface area contributed by atoms with E-state index >= 15 is 0 Å². The largest absolute Gasteiger partial charge is 0.444 e. The van der Waals surface area contributed by atoms with E-state index in [1.807, 2.05) is 25.7 Å². The lowest BCUT2D eigenvalue weighted by Gasteiger charge is -2.28. The molecule has 1 saturated heterocycles. The Bertz CT molecular complexity index is 248. The number of ether oxygens (including phenoxy) is 1. The standard InChI is InChI=1S/C14H27NO3/c1-14(2,3)18-13(17)15-10-6-4-8-12(16)9-5-7-11-15/h12,16H,4-11H2,1-3H3.